The molecule has 0 spiro atoms. The summed E-state index contributed by atoms with van der Waals surface area (Å²) in [6.45, 7) is 7.99. The summed E-state index contributed by atoms with van der Waals surface area (Å²) in [6, 6.07) is 2.07. The Balaban J connectivity index is 2.24. The number of aryl methyl sites for hydroxylation is 2. The Bertz CT molecular complexity index is 411. The Morgan fingerprint density at radius 2 is 2.24 bits per heavy atom. The minimum atomic E-state index is -0.640. The van der Waals surface area contributed by atoms with Crippen LogP contribution in [0.3, 0.4) is 0 Å². The first kappa shape index (κ1) is 12.6. The molecule has 2 heterocycles. The zero-order valence-electron chi connectivity index (χ0n) is 11.2. The van der Waals surface area contributed by atoms with Gasteiger partial charge in [0.25, 0.3) is 0 Å². The topological polar surface area (TPSA) is 50.1 Å². The normalized spacial score (nSPS) is 28.3. The van der Waals surface area contributed by atoms with E-state index in [1.807, 2.05) is 18.7 Å². The smallest absolute Gasteiger partial charge is 0.0777 e. The average molecular weight is 237 g/mol. The maximum Gasteiger partial charge on any atom is 0.0777 e. The molecule has 1 fully saturated rings. The molecule has 1 atom stereocenters. The minimum absolute atomic E-state index is 0.108. The van der Waals surface area contributed by atoms with E-state index < -0.39 is 5.60 Å². The maximum absolute atomic E-state index is 10.9. The first-order chi connectivity index (χ1) is 7.84. The van der Waals surface area contributed by atoms with Crippen molar-refractivity contribution < 1.29 is 5.11 Å². The van der Waals surface area contributed by atoms with Crippen LogP contribution in [0.15, 0.2) is 6.07 Å². The van der Waals surface area contributed by atoms with E-state index in [9.17, 15) is 5.11 Å². The summed E-state index contributed by atoms with van der Waals surface area (Å²) in [4.78, 5) is 0. The van der Waals surface area contributed by atoms with Crippen LogP contribution in [0.25, 0.3) is 0 Å². The molecule has 2 N–H and O–H groups in total. The van der Waals surface area contributed by atoms with Crippen LogP contribution in [0.1, 0.15) is 31.7 Å². The molecule has 0 radical (unpaired) electrons. The van der Waals surface area contributed by atoms with Gasteiger partial charge in [-0.15, -0.1) is 0 Å². The third kappa shape index (κ3) is 2.24. The molecular formula is C13H23N3O. The van der Waals surface area contributed by atoms with Crippen molar-refractivity contribution in [2.24, 2.45) is 12.5 Å². The first-order valence-electron chi connectivity index (χ1n) is 6.27. The summed E-state index contributed by atoms with van der Waals surface area (Å²) < 4.78 is 1.88. The highest BCUT2D eigenvalue weighted by molar-refractivity contribution is 5.14. The molecule has 1 aliphatic rings. The zero-order chi connectivity index (χ0) is 12.7. The van der Waals surface area contributed by atoms with Gasteiger partial charge in [0.1, 0.15) is 0 Å². The van der Waals surface area contributed by atoms with Gasteiger partial charge in [0, 0.05) is 31.1 Å². The summed E-state index contributed by atoms with van der Waals surface area (Å²) in [7, 11) is 1.94. The molecule has 4 heteroatoms. The van der Waals surface area contributed by atoms with E-state index in [-0.39, 0.29) is 5.41 Å². The van der Waals surface area contributed by atoms with Crippen LogP contribution in [-0.4, -0.2) is 33.6 Å². The van der Waals surface area contributed by atoms with E-state index >= 15 is 0 Å². The van der Waals surface area contributed by atoms with Crippen molar-refractivity contribution in [3.05, 3.63) is 17.5 Å². The van der Waals surface area contributed by atoms with Gasteiger partial charge in [-0.3, -0.25) is 4.68 Å². The second-order valence-electron chi connectivity index (χ2n) is 5.92. The van der Waals surface area contributed by atoms with Crippen LogP contribution < -0.4 is 5.32 Å². The van der Waals surface area contributed by atoms with Crippen molar-refractivity contribution in [2.45, 2.75) is 39.2 Å². The van der Waals surface area contributed by atoms with Gasteiger partial charge in [0.2, 0.25) is 0 Å². The fraction of sp³-hybridized carbons (Fsp3) is 0.769. The van der Waals surface area contributed by atoms with Crippen molar-refractivity contribution in [1.29, 1.82) is 0 Å². The van der Waals surface area contributed by atoms with Gasteiger partial charge in [0.05, 0.1) is 11.3 Å². The molecule has 1 unspecified atom stereocenters. The molecule has 1 aromatic rings. The fourth-order valence-corrected chi connectivity index (χ4v) is 2.66. The van der Waals surface area contributed by atoms with Gasteiger partial charge >= 0.3 is 0 Å². The predicted octanol–water partition coefficient (Wildman–Crippen LogP) is 1.02. The van der Waals surface area contributed by atoms with Crippen LogP contribution in [0.5, 0.6) is 0 Å². The molecule has 0 saturated carbocycles. The van der Waals surface area contributed by atoms with Crippen LogP contribution in [0.2, 0.25) is 0 Å². The SMILES string of the molecule is Cc1cc(CC2(O)CCNCC2(C)C)n(C)n1. The van der Waals surface area contributed by atoms with Gasteiger partial charge in [-0.1, -0.05) is 13.8 Å². The van der Waals surface area contributed by atoms with Gasteiger partial charge in [-0.2, -0.15) is 5.10 Å². The van der Waals surface area contributed by atoms with Crippen molar-refractivity contribution in [1.82, 2.24) is 15.1 Å². The predicted molar refractivity (Wildman–Crippen MR) is 67.9 cm³/mol. The summed E-state index contributed by atoms with van der Waals surface area (Å²) in [5, 5.41) is 18.6. The van der Waals surface area contributed by atoms with Gasteiger partial charge < -0.3 is 10.4 Å². The minimum Gasteiger partial charge on any atom is -0.389 e. The molecule has 1 saturated heterocycles. The van der Waals surface area contributed by atoms with Crippen molar-refractivity contribution in [2.75, 3.05) is 13.1 Å². The Kier molecular flexibility index (Phi) is 3.04. The highest BCUT2D eigenvalue weighted by Gasteiger charge is 2.45. The second kappa shape index (κ2) is 4.10. The fourth-order valence-electron chi connectivity index (χ4n) is 2.66. The van der Waals surface area contributed by atoms with Crippen molar-refractivity contribution >= 4 is 0 Å². The number of aliphatic hydroxyl groups is 1. The molecule has 0 amide bonds. The van der Waals surface area contributed by atoms with E-state index in [1.165, 1.54) is 0 Å². The zero-order valence-corrected chi connectivity index (χ0v) is 11.2. The standard InChI is InChI=1S/C13H23N3O/c1-10-7-11(16(4)15-10)8-13(17)5-6-14-9-12(13,2)3/h7,14,17H,5-6,8-9H2,1-4H3. The highest BCUT2D eigenvalue weighted by Crippen LogP contribution is 2.38. The lowest BCUT2D eigenvalue weighted by molar-refractivity contribution is -0.0880. The van der Waals surface area contributed by atoms with Gasteiger partial charge in [-0.25, -0.2) is 0 Å². The molecule has 4 nitrogen and oxygen atoms in total. The van der Waals surface area contributed by atoms with Crippen LogP contribution in [0.4, 0.5) is 0 Å². The van der Waals surface area contributed by atoms with Gasteiger partial charge in [-0.05, 0) is 26.0 Å². The lowest BCUT2D eigenvalue weighted by Gasteiger charge is -2.46. The Labute approximate surface area is 103 Å². The van der Waals surface area contributed by atoms with Gasteiger partial charge in [0.15, 0.2) is 0 Å². The number of nitrogens with one attached hydrogen (secondary N) is 1. The summed E-state index contributed by atoms with van der Waals surface area (Å²) >= 11 is 0. The highest BCUT2D eigenvalue weighted by atomic mass is 16.3. The number of hydrogen-bond donors (Lipinski definition) is 2. The summed E-state index contributed by atoms with van der Waals surface area (Å²) in [5.41, 5.74) is 1.37. The maximum atomic E-state index is 10.9. The largest absolute Gasteiger partial charge is 0.389 e. The third-order valence-corrected chi connectivity index (χ3v) is 4.11. The van der Waals surface area contributed by atoms with Crippen LogP contribution in [-0.2, 0) is 13.5 Å². The molecule has 1 aliphatic heterocycles. The third-order valence-electron chi connectivity index (χ3n) is 4.11. The second-order valence-corrected chi connectivity index (χ2v) is 5.92. The monoisotopic (exact) mass is 237 g/mol. The number of hydrogen-bond acceptors (Lipinski definition) is 3. The number of rotatable bonds is 2. The summed E-state index contributed by atoms with van der Waals surface area (Å²) in [6.07, 6.45) is 1.48. The van der Waals surface area contributed by atoms with E-state index in [0.717, 1.165) is 30.9 Å². The molecule has 0 aromatic carbocycles. The van der Waals surface area contributed by atoms with E-state index in [0.29, 0.717) is 6.42 Å². The van der Waals surface area contributed by atoms with Crippen molar-refractivity contribution in [3.63, 3.8) is 0 Å². The van der Waals surface area contributed by atoms with E-state index in [1.54, 1.807) is 0 Å². The number of aromatic nitrogens is 2. The Hall–Kier alpha value is -0.870. The van der Waals surface area contributed by atoms with Crippen LogP contribution in [0, 0.1) is 12.3 Å². The lowest BCUT2D eigenvalue weighted by atomic mass is 9.68. The number of piperidine rings is 1. The van der Waals surface area contributed by atoms with Crippen molar-refractivity contribution in [3.8, 4) is 0 Å². The first-order valence-corrected chi connectivity index (χ1v) is 6.27. The molecule has 17 heavy (non-hydrogen) atoms. The molecule has 0 bridgehead atoms. The molecule has 96 valence electrons. The molecule has 1 aromatic heterocycles. The van der Waals surface area contributed by atoms with Crippen LogP contribution >= 0.6 is 0 Å². The molecule has 2 rings (SSSR count). The quantitative estimate of drug-likeness (QED) is 0.807. The number of nitrogens with zero attached hydrogens (tertiary/aromatic N) is 2. The lowest BCUT2D eigenvalue weighted by Crippen LogP contribution is -2.57. The average Bonchev–Trinajstić information content (AvgIpc) is 2.50. The summed E-state index contributed by atoms with van der Waals surface area (Å²) in [5.74, 6) is 0. The Morgan fingerprint density at radius 1 is 1.53 bits per heavy atom. The van der Waals surface area contributed by atoms with E-state index in [2.05, 4.69) is 30.3 Å². The molecular weight excluding hydrogens is 214 g/mol. The Morgan fingerprint density at radius 3 is 2.76 bits per heavy atom. The van der Waals surface area contributed by atoms with E-state index in [4.69, 9.17) is 0 Å². The molecule has 0 aliphatic carbocycles.